The number of ether oxygens (including phenoxy) is 1. The molecule has 2 aromatic rings. The van der Waals surface area contributed by atoms with Crippen molar-refractivity contribution in [3.05, 3.63) is 54.1 Å². The van der Waals surface area contributed by atoms with Gasteiger partial charge in [0, 0.05) is 25.7 Å². The fourth-order valence-corrected chi connectivity index (χ4v) is 3.70. The van der Waals surface area contributed by atoms with Gasteiger partial charge < -0.3 is 33.8 Å². The van der Waals surface area contributed by atoms with Gasteiger partial charge in [0.25, 0.3) is 5.82 Å². The largest absolute Gasteiger partial charge is 1.00 e. The minimum atomic E-state index is -2.87. The van der Waals surface area contributed by atoms with Gasteiger partial charge in [0.1, 0.15) is 25.5 Å². The van der Waals surface area contributed by atoms with Gasteiger partial charge in [-0.3, -0.25) is 0 Å². The van der Waals surface area contributed by atoms with Crippen LogP contribution >= 0.6 is 0 Å². The lowest BCUT2D eigenvalue weighted by molar-refractivity contribution is -0.677. The van der Waals surface area contributed by atoms with Crippen LogP contribution < -0.4 is 28.5 Å². The second-order valence-electron chi connectivity index (χ2n) is 7.21. The standard InChI is InChI=1S/C20H25F2N2O3.HI/c1-15-23(2)10-11-24(15)12-13-27-18(25)20(26,16-6-4-3-5-7-16)17-8-9-19(21,22)14-17;/h3-7,10-11,17,26H,8-9,12-14H2,1-2H3;1H/q+1;/p-1/t17-,20-;/m0./s1. The number of alkyl halides is 2. The number of nitrogens with zero attached hydrogens (tertiary/aromatic N) is 2. The molecule has 0 aliphatic heterocycles. The molecule has 0 radical (unpaired) electrons. The molecule has 1 aromatic carbocycles. The normalized spacial score (nSPS) is 20.2. The number of rotatable bonds is 6. The SMILES string of the molecule is Cc1n(CCOC(=O)[C@](O)(c2ccccc2)[C@H]2CCC(F)(F)C2)cc[n+]1C.[I-]. The lowest BCUT2D eigenvalue weighted by atomic mass is 9.80. The molecule has 8 heteroatoms. The second kappa shape index (κ2) is 8.86. The van der Waals surface area contributed by atoms with Crippen molar-refractivity contribution in [1.82, 2.24) is 4.57 Å². The Balaban J connectivity index is 0.00000280. The Bertz CT molecular complexity index is 813. The molecule has 2 atom stereocenters. The summed E-state index contributed by atoms with van der Waals surface area (Å²) < 4.78 is 36.7. The highest BCUT2D eigenvalue weighted by atomic mass is 127. The van der Waals surface area contributed by atoms with Crippen molar-refractivity contribution < 1.29 is 52.0 Å². The van der Waals surface area contributed by atoms with Crippen LogP contribution in [0.5, 0.6) is 0 Å². The Morgan fingerprint density at radius 2 is 2.07 bits per heavy atom. The molecule has 0 amide bonds. The van der Waals surface area contributed by atoms with Gasteiger partial charge in [0.15, 0.2) is 5.60 Å². The summed E-state index contributed by atoms with van der Waals surface area (Å²) in [4.78, 5) is 12.8. The van der Waals surface area contributed by atoms with Gasteiger partial charge in [-0.1, -0.05) is 30.3 Å². The van der Waals surface area contributed by atoms with Crippen LogP contribution in [0.4, 0.5) is 8.78 Å². The molecule has 1 saturated carbocycles. The maximum absolute atomic E-state index is 13.8. The number of carbonyl (C=O) groups is 1. The smallest absolute Gasteiger partial charge is 0.343 e. The van der Waals surface area contributed by atoms with Crippen LogP contribution in [0.25, 0.3) is 0 Å². The first-order valence-electron chi connectivity index (χ1n) is 9.08. The van der Waals surface area contributed by atoms with Gasteiger partial charge in [-0.25, -0.2) is 22.7 Å². The third kappa shape index (κ3) is 4.53. The number of esters is 1. The summed E-state index contributed by atoms with van der Waals surface area (Å²) in [6, 6.07) is 8.24. The average molecular weight is 506 g/mol. The molecule has 5 nitrogen and oxygen atoms in total. The monoisotopic (exact) mass is 506 g/mol. The topological polar surface area (TPSA) is 55.3 Å². The van der Waals surface area contributed by atoms with Crippen LogP contribution in [0.1, 0.15) is 30.7 Å². The maximum atomic E-state index is 13.8. The summed E-state index contributed by atoms with van der Waals surface area (Å²) in [5.41, 5.74) is -1.78. The highest BCUT2D eigenvalue weighted by Gasteiger charge is 2.54. The van der Waals surface area contributed by atoms with Crippen LogP contribution in [0.15, 0.2) is 42.7 Å². The molecule has 0 bridgehead atoms. The number of aliphatic hydroxyl groups is 1. The number of hydrogen-bond acceptors (Lipinski definition) is 3. The zero-order chi connectivity index (χ0) is 19.7. The van der Waals surface area contributed by atoms with Gasteiger partial charge in [-0.2, -0.15) is 0 Å². The lowest BCUT2D eigenvalue weighted by Gasteiger charge is -2.32. The highest BCUT2D eigenvalue weighted by molar-refractivity contribution is 5.81. The zero-order valence-corrected chi connectivity index (χ0v) is 18.1. The first-order valence-corrected chi connectivity index (χ1v) is 9.08. The third-order valence-corrected chi connectivity index (χ3v) is 5.48. The van der Waals surface area contributed by atoms with Gasteiger partial charge in [-0.15, -0.1) is 0 Å². The Morgan fingerprint density at radius 1 is 1.39 bits per heavy atom. The molecule has 1 N–H and O–H groups in total. The lowest BCUT2D eigenvalue weighted by Crippen LogP contribution is -3.00. The van der Waals surface area contributed by atoms with E-state index < -0.39 is 29.8 Å². The average Bonchev–Trinajstić information content (AvgIpc) is 3.18. The van der Waals surface area contributed by atoms with Gasteiger partial charge in [0.05, 0.1) is 7.05 Å². The van der Waals surface area contributed by atoms with Crippen molar-refractivity contribution in [2.45, 2.75) is 44.3 Å². The number of aromatic nitrogens is 2. The second-order valence-corrected chi connectivity index (χ2v) is 7.21. The predicted octanol–water partition coefficient (Wildman–Crippen LogP) is -0.509. The first kappa shape index (κ1) is 22.7. The molecule has 0 unspecified atom stereocenters. The van der Waals surface area contributed by atoms with Crippen LogP contribution in [-0.4, -0.2) is 28.2 Å². The van der Waals surface area contributed by atoms with Gasteiger partial charge in [-0.05, 0) is 12.0 Å². The van der Waals surface area contributed by atoms with Crippen molar-refractivity contribution >= 4 is 5.97 Å². The fourth-order valence-electron chi connectivity index (χ4n) is 3.70. The summed E-state index contributed by atoms with van der Waals surface area (Å²) in [6.07, 6.45) is 2.96. The summed E-state index contributed by atoms with van der Waals surface area (Å²) >= 11 is 0. The minimum absolute atomic E-state index is 0. The van der Waals surface area contributed by atoms with Crippen LogP contribution in [0.3, 0.4) is 0 Å². The predicted molar refractivity (Wildman–Crippen MR) is 93.9 cm³/mol. The summed E-state index contributed by atoms with van der Waals surface area (Å²) in [5.74, 6) is -3.64. The number of aryl methyl sites for hydroxylation is 1. The molecule has 1 aliphatic carbocycles. The Hall–Kier alpha value is -1.55. The van der Waals surface area contributed by atoms with E-state index in [4.69, 9.17) is 4.74 Å². The van der Waals surface area contributed by atoms with Crippen molar-refractivity contribution in [2.24, 2.45) is 13.0 Å². The van der Waals surface area contributed by atoms with Crippen LogP contribution in [-0.2, 0) is 28.7 Å². The third-order valence-electron chi connectivity index (χ3n) is 5.48. The molecule has 0 spiro atoms. The van der Waals surface area contributed by atoms with E-state index in [0.29, 0.717) is 12.1 Å². The number of halogens is 3. The quantitative estimate of drug-likeness (QED) is 0.327. The van der Waals surface area contributed by atoms with Crippen molar-refractivity contribution in [3.8, 4) is 0 Å². The number of benzene rings is 1. The van der Waals surface area contributed by atoms with E-state index in [1.54, 1.807) is 30.3 Å². The van der Waals surface area contributed by atoms with E-state index in [-0.39, 0.29) is 43.4 Å². The molecule has 154 valence electrons. The van der Waals surface area contributed by atoms with E-state index >= 15 is 0 Å². The molecule has 1 aliphatic rings. The van der Waals surface area contributed by atoms with E-state index in [2.05, 4.69) is 0 Å². The van der Waals surface area contributed by atoms with Crippen molar-refractivity contribution in [3.63, 3.8) is 0 Å². The summed E-state index contributed by atoms with van der Waals surface area (Å²) in [7, 11) is 1.91. The molecular formula is C20H25F2IN2O3. The molecule has 0 saturated heterocycles. The van der Waals surface area contributed by atoms with E-state index in [1.165, 1.54) is 0 Å². The van der Waals surface area contributed by atoms with E-state index in [1.807, 2.05) is 35.5 Å². The zero-order valence-electron chi connectivity index (χ0n) is 15.9. The summed E-state index contributed by atoms with van der Waals surface area (Å²) in [6.45, 7) is 2.40. The Kier molecular flexibility index (Phi) is 7.19. The van der Waals surface area contributed by atoms with Gasteiger partial charge >= 0.3 is 5.97 Å². The van der Waals surface area contributed by atoms with Crippen LogP contribution in [0, 0.1) is 12.8 Å². The summed E-state index contributed by atoms with van der Waals surface area (Å²) in [5, 5.41) is 11.2. The van der Waals surface area contributed by atoms with Crippen molar-refractivity contribution in [1.29, 1.82) is 0 Å². The molecule has 28 heavy (non-hydrogen) atoms. The van der Waals surface area contributed by atoms with Gasteiger partial charge in [0.2, 0.25) is 5.92 Å². The number of hydrogen-bond donors (Lipinski definition) is 1. The van der Waals surface area contributed by atoms with Crippen molar-refractivity contribution in [2.75, 3.05) is 6.61 Å². The first-order chi connectivity index (χ1) is 12.7. The maximum Gasteiger partial charge on any atom is 0.343 e. The molecule has 1 fully saturated rings. The fraction of sp³-hybridized carbons (Fsp3) is 0.500. The molecular weight excluding hydrogens is 481 g/mol. The Morgan fingerprint density at radius 3 is 2.61 bits per heavy atom. The van der Waals surface area contributed by atoms with Crippen LogP contribution in [0.2, 0.25) is 0 Å². The molecule has 1 heterocycles. The Labute approximate surface area is 180 Å². The number of imidazole rings is 1. The van der Waals surface area contributed by atoms with E-state index in [0.717, 1.165) is 5.82 Å². The molecule has 3 rings (SSSR count). The highest BCUT2D eigenvalue weighted by Crippen LogP contribution is 2.47. The number of carbonyl (C=O) groups excluding carboxylic acids is 1. The molecule has 1 aromatic heterocycles. The minimum Gasteiger partial charge on any atom is -1.00 e. The van der Waals surface area contributed by atoms with E-state index in [9.17, 15) is 18.7 Å².